The van der Waals surface area contributed by atoms with E-state index in [9.17, 15) is 14.4 Å². The summed E-state index contributed by atoms with van der Waals surface area (Å²) < 4.78 is 0. The summed E-state index contributed by atoms with van der Waals surface area (Å²) in [4.78, 5) is 47.6. The highest BCUT2D eigenvalue weighted by Crippen LogP contribution is 2.45. The Bertz CT molecular complexity index is 1530. The Balaban J connectivity index is 1.47. The Morgan fingerprint density at radius 2 is 1.70 bits per heavy atom. The number of carbonyl (C=O) groups is 3. The summed E-state index contributed by atoms with van der Waals surface area (Å²) >= 11 is 0. The molecular formula is C30H28N4O3. The Kier molecular flexibility index (Phi) is 5.56. The van der Waals surface area contributed by atoms with Crippen LogP contribution in [0.2, 0.25) is 0 Å². The van der Waals surface area contributed by atoms with Crippen LogP contribution in [-0.2, 0) is 11.2 Å². The van der Waals surface area contributed by atoms with Crippen LogP contribution in [0.15, 0.2) is 78.9 Å². The van der Waals surface area contributed by atoms with E-state index in [1.807, 2.05) is 62.4 Å². The van der Waals surface area contributed by atoms with Gasteiger partial charge in [0.15, 0.2) is 0 Å². The predicted molar refractivity (Wildman–Crippen MR) is 142 cm³/mol. The lowest BCUT2D eigenvalue weighted by Crippen LogP contribution is -2.44. The van der Waals surface area contributed by atoms with Crippen molar-refractivity contribution >= 4 is 34.4 Å². The first-order valence-corrected chi connectivity index (χ1v) is 12.7. The summed E-state index contributed by atoms with van der Waals surface area (Å²) in [5.74, 6) is -0.614. The van der Waals surface area contributed by atoms with E-state index in [0.29, 0.717) is 17.7 Å². The molecule has 0 unspecified atom stereocenters. The summed E-state index contributed by atoms with van der Waals surface area (Å²) in [5, 5.41) is 4.02. The molecule has 37 heavy (non-hydrogen) atoms. The lowest BCUT2D eigenvalue weighted by atomic mass is 9.89. The average Bonchev–Trinajstić information content (AvgIpc) is 3.42. The van der Waals surface area contributed by atoms with Crippen molar-refractivity contribution in [3.8, 4) is 0 Å². The number of para-hydroxylation sites is 2. The number of nitrogens with zero attached hydrogens (tertiary/aromatic N) is 2. The van der Waals surface area contributed by atoms with Crippen molar-refractivity contribution in [3.63, 3.8) is 0 Å². The minimum absolute atomic E-state index is 0.0300. The fraction of sp³-hybridized carbons (Fsp3) is 0.233. The van der Waals surface area contributed by atoms with Crippen LogP contribution in [0.1, 0.15) is 53.5 Å². The van der Waals surface area contributed by atoms with Crippen molar-refractivity contribution in [1.82, 2.24) is 15.2 Å². The van der Waals surface area contributed by atoms with Gasteiger partial charge >= 0.3 is 6.03 Å². The number of nitrogens with one attached hydrogen (secondary N) is 2. The largest absolute Gasteiger partial charge is 0.356 e. The second kappa shape index (κ2) is 8.92. The van der Waals surface area contributed by atoms with Crippen LogP contribution in [-0.4, -0.2) is 39.8 Å². The van der Waals surface area contributed by atoms with E-state index in [2.05, 4.69) is 16.4 Å². The van der Waals surface area contributed by atoms with Crippen LogP contribution in [0.3, 0.4) is 0 Å². The lowest BCUT2D eigenvalue weighted by molar-refractivity contribution is -0.120. The molecule has 6 rings (SSSR count). The molecule has 7 heteroatoms. The van der Waals surface area contributed by atoms with E-state index in [0.717, 1.165) is 34.1 Å². The van der Waals surface area contributed by atoms with Gasteiger partial charge in [0.1, 0.15) is 12.1 Å². The molecule has 3 heterocycles. The third kappa shape index (κ3) is 3.61. The van der Waals surface area contributed by atoms with Gasteiger partial charge in [-0.15, -0.1) is 0 Å². The van der Waals surface area contributed by atoms with Gasteiger partial charge in [-0.1, -0.05) is 67.6 Å². The molecule has 7 nitrogen and oxygen atoms in total. The van der Waals surface area contributed by atoms with E-state index < -0.39 is 18.1 Å². The zero-order valence-electron chi connectivity index (χ0n) is 20.8. The van der Waals surface area contributed by atoms with E-state index in [1.54, 1.807) is 29.2 Å². The smallest absolute Gasteiger partial charge is 0.332 e. The molecule has 3 aromatic carbocycles. The average molecular weight is 493 g/mol. The number of rotatable bonds is 5. The van der Waals surface area contributed by atoms with Crippen LogP contribution < -0.4 is 10.2 Å². The number of H-pyrrole nitrogens is 1. The highest BCUT2D eigenvalue weighted by Gasteiger charge is 2.53. The van der Waals surface area contributed by atoms with Crippen molar-refractivity contribution in [3.05, 3.63) is 101 Å². The van der Waals surface area contributed by atoms with Crippen molar-refractivity contribution in [1.29, 1.82) is 0 Å². The summed E-state index contributed by atoms with van der Waals surface area (Å²) in [6.45, 7) is 3.92. The van der Waals surface area contributed by atoms with Gasteiger partial charge in [-0.3, -0.25) is 14.5 Å². The molecule has 2 aliphatic heterocycles. The molecule has 1 aromatic heterocycles. The van der Waals surface area contributed by atoms with Crippen molar-refractivity contribution in [2.45, 2.75) is 44.8 Å². The van der Waals surface area contributed by atoms with Gasteiger partial charge in [-0.05, 0) is 42.7 Å². The summed E-state index contributed by atoms with van der Waals surface area (Å²) in [6.07, 6.45) is 1.18. The van der Waals surface area contributed by atoms with Crippen LogP contribution >= 0.6 is 0 Å². The van der Waals surface area contributed by atoms with E-state index >= 15 is 0 Å². The number of benzene rings is 3. The van der Waals surface area contributed by atoms with Gasteiger partial charge in [0.05, 0.1) is 11.3 Å². The Labute approximate surface area is 215 Å². The predicted octanol–water partition coefficient (Wildman–Crippen LogP) is 5.18. The summed E-state index contributed by atoms with van der Waals surface area (Å²) in [5.41, 5.74) is 4.51. The van der Waals surface area contributed by atoms with Crippen LogP contribution in [0.25, 0.3) is 10.9 Å². The number of anilines is 1. The minimum atomic E-state index is -0.671. The van der Waals surface area contributed by atoms with Crippen LogP contribution in [0, 0.1) is 0 Å². The quantitative estimate of drug-likeness (QED) is 0.377. The van der Waals surface area contributed by atoms with E-state index in [4.69, 9.17) is 0 Å². The third-order valence-corrected chi connectivity index (χ3v) is 7.54. The second-order valence-corrected chi connectivity index (χ2v) is 9.76. The minimum Gasteiger partial charge on any atom is -0.356 e. The van der Waals surface area contributed by atoms with Gasteiger partial charge in [0.25, 0.3) is 11.8 Å². The van der Waals surface area contributed by atoms with Gasteiger partial charge < -0.3 is 10.3 Å². The molecule has 1 saturated heterocycles. The molecule has 1 fully saturated rings. The first kappa shape index (κ1) is 23.0. The number of hydrogen-bond donors (Lipinski definition) is 2. The molecule has 0 bridgehead atoms. The number of carbonyl (C=O) groups excluding carboxylic acids is 3. The number of aromatic amines is 1. The molecule has 186 valence electrons. The van der Waals surface area contributed by atoms with Crippen LogP contribution in [0.5, 0.6) is 0 Å². The second-order valence-electron chi connectivity index (χ2n) is 9.76. The summed E-state index contributed by atoms with van der Waals surface area (Å²) in [7, 11) is 0. The van der Waals surface area contributed by atoms with E-state index in [1.165, 1.54) is 4.90 Å². The van der Waals surface area contributed by atoms with Crippen molar-refractivity contribution < 1.29 is 14.4 Å². The standard InChI is InChI=1S/C30H28N4O3/c1-3-18(2)31-28(35)21-14-8-10-16-24(21)34-29(36)25-17-22-20-13-7-9-15-23(20)32-26(22)27(33(25)30(34)37)19-11-5-4-6-12-19/h4-16,18,25,27,32H,3,17H2,1-2H3,(H,31,35)/t18-,25-,27+/m0/s1. The van der Waals surface area contributed by atoms with Crippen molar-refractivity contribution in [2.75, 3.05) is 4.90 Å². The number of urea groups is 1. The first-order chi connectivity index (χ1) is 18.0. The third-order valence-electron chi connectivity index (χ3n) is 7.54. The zero-order chi connectivity index (χ0) is 25.7. The molecule has 2 aliphatic rings. The lowest BCUT2D eigenvalue weighted by Gasteiger charge is -2.36. The normalized spacial score (nSPS) is 19.6. The van der Waals surface area contributed by atoms with Gasteiger partial charge in [0, 0.05) is 29.1 Å². The molecular weight excluding hydrogens is 464 g/mol. The zero-order valence-corrected chi connectivity index (χ0v) is 20.8. The number of aromatic nitrogens is 1. The van der Waals surface area contributed by atoms with Crippen molar-refractivity contribution in [2.24, 2.45) is 0 Å². The maximum Gasteiger partial charge on any atom is 0.332 e. The Morgan fingerprint density at radius 3 is 2.49 bits per heavy atom. The van der Waals surface area contributed by atoms with Crippen LogP contribution in [0.4, 0.5) is 10.5 Å². The highest BCUT2D eigenvalue weighted by atomic mass is 16.2. The molecule has 4 amide bonds. The number of imide groups is 1. The molecule has 2 N–H and O–H groups in total. The first-order valence-electron chi connectivity index (χ1n) is 12.7. The fourth-order valence-corrected chi connectivity index (χ4v) is 5.54. The number of fused-ring (bicyclic) bond motifs is 4. The Morgan fingerprint density at radius 1 is 1.00 bits per heavy atom. The summed E-state index contributed by atoms with van der Waals surface area (Å²) in [6, 6.07) is 23.1. The monoisotopic (exact) mass is 492 g/mol. The maximum absolute atomic E-state index is 14.1. The number of hydrogen-bond acceptors (Lipinski definition) is 3. The van der Waals surface area contributed by atoms with Gasteiger partial charge in [0.2, 0.25) is 0 Å². The van der Waals surface area contributed by atoms with E-state index in [-0.39, 0.29) is 17.9 Å². The number of amides is 4. The Hall–Kier alpha value is -4.39. The molecule has 0 saturated carbocycles. The molecule has 0 spiro atoms. The molecule has 3 atom stereocenters. The molecule has 0 radical (unpaired) electrons. The topological polar surface area (TPSA) is 85.5 Å². The molecule has 4 aromatic rings. The van der Waals surface area contributed by atoms with Gasteiger partial charge in [-0.2, -0.15) is 0 Å². The van der Waals surface area contributed by atoms with Gasteiger partial charge in [-0.25, -0.2) is 9.69 Å². The fourth-order valence-electron chi connectivity index (χ4n) is 5.54. The molecule has 0 aliphatic carbocycles. The highest BCUT2D eigenvalue weighted by molar-refractivity contribution is 6.24. The maximum atomic E-state index is 14.1. The SMILES string of the molecule is CC[C@H](C)NC(=O)c1ccccc1N1C(=O)[C@@H]2Cc3c([nH]c4ccccc34)[C@@H](c3ccccc3)N2C1=O.